The second kappa shape index (κ2) is 7.83. The normalized spacial score (nSPS) is 16.2. The summed E-state index contributed by atoms with van der Waals surface area (Å²) in [4.78, 5) is 31.5. The number of amides is 1. The lowest BCUT2D eigenvalue weighted by molar-refractivity contribution is -0.117. The van der Waals surface area contributed by atoms with Crippen molar-refractivity contribution in [3.05, 3.63) is 106 Å². The van der Waals surface area contributed by atoms with Crippen molar-refractivity contribution in [2.24, 2.45) is 0 Å². The molecular formula is C24H13ClF2N2O4. The van der Waals surface area contributed by atoms with Crippen molar-refractivity contribution >= 4 is 39.9 Å². The molecule has 5 rings (SSSR count). The van der Waals surface area contributed by atoms with E-state index in [1.54, 1.807) is 30.3 Å². The van der Waals surface area contributed by atoms with E-state index in [0.29, 0.717) is 21.6 Å². The van der Waals surface area contributed by atoms with E-state index in [4.69, 9.17) is 16.0 Å². The first kappa shape index (κ1) is 20.8. The Bertz CT molecular complexity index is 1470. The molecule has 33 heavy (non-hydrogen) atoms. The van der Waals surface area contributed by atoms with Crippen molar-refractivity contribution < 1.29 is 27.9 Å². The summed E-state index contributed by atoms with van der Waals surface area (Å²) in [7, 11) is 0. The van der Waals surface area contributed by atoms with Crippen LogP contribution in [0.2, 0.25) is 5.02 Å². The molecule has 164 valence electrons. The fraction of sp³-hybridized carbons (Fsp3) is 0.0417. The van der Waals surface area contributed by atoms with E-state index in [2.05, 4.69) is 4.98 Å². The molecule has 0 saturated carbocycles. The molecule has 0 bridgehead atoms. The van der Waals surface area contributed by atoms with E-state index in [1.165, 1.54) is 24.5 Å². The number of ketones is 1. The lowest BCUT2D eigenvalue weighted by Gasteiger charge is -2.26. The zero-order valence-corrected chi connectivity index (χ0v) is 17.4. The number of fused-ring (bicyclic) bond motifs is 1. The largest absolute Gasteiger partial charge is 0.503 e. The predicted molar refractivity (Wildman–Crippen MR) is 116 cm³/mol. The van der Waals surface area contributed by atoms with E-state index in [-0.39, 0.29) is 17.0 Å². The summed E-state index contributed by atoms with van der Waals surface area (Å²) in [5.74, 6) is -4.88. The highest BCUT2D eigenvalue weighted by atomic mass is 35.5. The molecule has 1 aliphatic heterocycles. The second-order valence-electron chi connectivity index (χ2n) is 7.34. The topological polar surface area (TPSA) is 83.6 Å². The minimum Gasteiger partial charge on any atom is -0.503 e. The predicted octanol–water partition coefficient (Wildman–Crippen LogP) is 5.54. The average Bonchev–Trinajstić information content (AvgIpc) is 3.34. The fourth-order valence-electron chi connectivity index (χ4n) is 3.86. The number of carbonyl (C=O) groups excluding carboxylic acids is 2. The van der Waals surface area contributed by atoms with E-state index in [0.717, 1.165) is 17.0 Å². The molecule has 9 heteroatoms. The van der Waals surface area contributed by atoms with E-state index in [1.807, 2.05) is 0 Å². The van der Waals surface area contributed by atoms with Crippen molar-refractivity contribution in [2.45, 2.75) is 6.04 Å². The monoisotopic (exact) mass is 466 g/mol. The Kier molecular flexibility index (Phi) is 4.94. The Morgan fingerprint density at radius 1 is 1.03 bits per heavy atom. The van der Waals surface area contributed by atoms with Crippen LogP contribution in [0.25, 0.3) is 11.0 Å². The van der Waals surface area contributed by atoms with Crippen molar-refractivity contribution in [3.8, 4) is 0 Å². The van der Waals surface area contributed by atoms with Crippen LogP contribution < -0.4 is 4.90 Å². The molecule has 3 heterocycles. The first-order valence-electron chi connectivity index (χ1n) is 9.70. The van der Waals surface area contributed by atoms with Crippen molar-refractivity contribution in [1.82, 2.24) is 4.98 Å². The minimum absolute atomic E-state index is 0.0357. The third-order valence-corrected chi connectivity index (χ3v) is 5.59. The van der Waals surface area contributed by atoms with Crippen LogP contribution >= 0.6 is 11.6 Å². The number of pyridine rings is 1. The summed E-state index contributed by atoms with van der Waals surface area (Å²) < 4.78 is 33.1. The van der Waals surface area contributed by atoms with Gasteiger partial charge in [0, 0.05) is 34.6 Å². The molecule has 0 saturated heterocycles. The Labute approximate surface area is 190 Å². The van der Waals surface area contributed by atoms with Gasteiger partial charge in [-0.25, -0.2) is 8.78 Å². The second-order valence-corrected chi connectivity index (χ2v) is 7.78. The number of halogens is 3. The van der Waals surface area contributed by atoms with Crippen molar-refractivity contribution in [1.29, 1.82) is 0 Å². The number of carbonyl (C=O) groups is 2. The molecule has 6 nitrogen and oxygen atoms in total. The number of hydrogen-bond acceptors (Lipinski definition) is 5. The summed E-state index contributed by atoms with van der Waals surface area (Å²) in [6.45, 7) is 0. The van der Waals surface area contributed by atoms with Crippen molar-refractivity contribution in [3.63, 3.8) is 0 Å². The fourth-order valence-corrected chi connectivity index (χ4v) is 4.04. The van der Waals surface area contributed by atoms with Gasteiger partial charge in [0.05, 0.1) is 11.6 Å². The maximum Gasteiger partial charge on any atom is 0.294 e. The van der Waals surface area contributed by atoms with Crippen LogP contribution in [0.4, 0.5) is 14.5 Å². The Morgan fingerprint density at radius 3 is 2.52 bits per heavy atom. The molecule has 0 fully saturated rings. The van der Waals surface area contributed by atoms with Gasteiger partial charge in [-0.1, -0.05) is 11.6 Å². The van der Waals surface area contributed by atoms with Crippen molar-refractivity contribution in [2.75, 3.05) is 4.90 Å². The average molecular weight is 467 g/mol. The summed E-state index contributed by atoms with van der Waals surface area (Å²) in [5, 5.41) is 11.7. The number of anilines is 1. The number of hydrogen-bond donors (Lipinski definition) is 1. The summed E-state index contributed by atoms with van der Waals surface area (Å²) in [6, 6.07) is 11.1. The lowest BCUT2D eigenvalue weighted by Crippen LogP contribution is -2.31. The number of aliphatic hydroxyl groups is 1. The van der Waals surface area contributed by atoms with Gasteiger partial charge >= 0.3 is 0 Å². The summed E-state index contributed by atoms with van der Waals surface area (Å²) in [6.07, 6.45) is 2.90. The van der Waals surface area contributed by atoms with Gasteiger partial charge in [-0.2, -0.15) is 0 Å². The highest BCUT2D eigenvalue weighted by molar-refractivity contribution is 6.31. The summed E-state index contributed by atoms with van der Waals surface area (Å²) in [5.41, 5.74) is 0.521. The lowest BCUT2D eigenvalue weighted by atomic mass is 9.95. The van der Waals surface area contributed by atoms with Crippen LogP contribution in [0.5, 0.6) is 0 Å². The van der Waals surface area contributed by atoms with Gasteiger partial charge in [0.1, 0.15) is 5.58 Å². The summed E-state index contributed by atoms with van der Waals surface area (Å²) >= 11 is 6.00. The van der Waals surface area contributed by atoms with Gasteiger partial charge in [0.2, 0.25) is 5.78 Å². The van der Waals surface area contributed by atoms with Gasteiger partial charge < -0.3 is 9.52 Å². The number of benzene rings is 2. The maximum atomic E-state index is 14.0. The van der Waals surface area contributed by atoms with Crippen LogP contribution in [0.3, 0.4) is 0 Å². The molecule has 1 unspecified atom stereocenters. The zero-order valence-electron chi connectivity index (χ0n) is 16.6. The molecule has 0 radical (unpaired) electrons. The molecule has 0 aliphatic carbocycles. The quantitative estimate of drug-likeness (QED) is 0.399. The van der Waals surface area contributed by atoms with Gasteiger partial charge in [0.15, 0.2) is 23.2 Å². The number of Topliss-reactive ketones (excluding diaryl/α,β-unsaturated/α-hetero) is 1. The van der Waals surface area contributed by atoms with Crippen LogP contribution in [-0.2, 0) is 4.79 Å². The Balaban J connectivity index is 1.66. The SMILES string of the molecule is O=C(C1=C(O)C(=O)N(c2ccc(F)c(F)c2)C1c1ccncc1)c1cc2cc(Cl)ccc2o1. The first-order valence-corrected chi connectivity index (χ1v) is 10.1. The molecule has 1 amide bonds. The standard InChI is InChI=1S/C24H13ClF2N2O4/c25-14-1-4-18-13(9-14)10-19(33-18)22(30)20-21(12-5-7-28-8-6-12)29(24(32)23(20)31)15-2-3-16(26)17(27)11-15/h1-11,21,31H. The van der Waals surface area contributed by atoms with Gasteiger partial charge in [-0.05, 0) is 54.1 Å². The first-order chi connectivity index (χ1) is 15.8. The number of nitrogens with zero attached hydrogens (tertiary/aromatic N) is 2. The Hall–Kier alpha value is -4.04. The number of furan rings is 1. The van der Waals surface area contributed by atoms with Crippen LogP contribution in [0.15, 0.2) is 82.7 Å². The van der Waals surface area contributed by atoms with Crippen LogP contribution in [0.1, 0.15) is 22.2 Å². The van der Waals surface area contributed by atoms with E-state index >= 15 is 0 Å². The van der Waals surface area contributed by atoms with E-state index < -0.39 is 35.1 Å². The zero-order chi connectivity index (χ0) is 23.3. The molecule has 2 aromatic heterocycles. The highest BCUT2D eigenvalue weighted by Crippen LogP contribution is 2.42. The molecular weight excluding hydrogens is 454 g/mol. The minimum atomic E-state index is -1.18. The third-order valence-electron chi connectivity index (χ3n) is 5.36. The maximum absolute atomic E-state index is 14.0. The molecule has 4 aromatic rings. The number of aromatic nitrogens is 1. The highest BCUT2D eigenvalue weighted by Gasteiger charge is 2.45. The molecule has 1 aliphatic rings. The molecule has 1 atom stereocenters. The van der Waals surface area contributed by atoms with Gasteiger partial charge in [-0.3, -0.25) is 19.5 Å². The molecule has 2 aromatic carbocycles. The van der Waals surface area contributed by atoms with Crippen LogP contribution in [-0.4, -0.2) is 21.8 Å². The van der Waals surface area contributed by atoms with Gasteiger partial charge in [0.25, 0.3) is 5.91 Å². The van der Waals surface area contributed by atoms with E-state index in [9.17, 15) is 23.5 Å². The smallest absolute Gasteiger partial charge is 0.294 e. The number of rotatable bonds is 4. The Morgan fingerprint density at radius 2 is 1.79 bits per heavy atom. The third kappa shape index (κ3) is 3.44. The molecule has 1 N–H and O–H groups in total. The number of aliphatic hydroxyl groups excluding tert-OH is 1. The van der Waals surface area contributed by atoms with Gasteiger partial charge in [-0.15, -0.1) is 0 Å². The molecule has 0 spiro atoms. The van der Waals surface area contributed by atoms with Crippen LogP contribution in [0, 0.1) is 11.6 Å².